The van der Waals surface area contributed by atoms with Crippen LogP contribution in [0.5, 0.6) is 0 Å². The molecule has 0 bridgehead atoms. The van der Waals surface area contributed by atoms with E-state index in [1.54, 1.807) is 7.05 Å². The van der Waals surface area contributed by atoms with Gasteiger partial charge >= 0.3 is 12.0 Å². The highest BCUT2D eigenvalue weighted by molar-refractivity contribution is 5.82. The lowest BCUT2D eigenvalue weighted by molar-refractivity contribution is -0.139. The number of carbonyl (C=O) groups excluding carboxylic acids is 1. The van der Waals surface area contributed by atoms with Crippen LogP contribution in [0.2, 0.25) is 0 Å². The third-order valence-corrected chi connectivity index (χ3v) is 2.83. The Labute approximate surface area is 123 Å². The number of aryl methyl sites for hydroxylation is 1. The zero-order chi connectivity index (χ0) is 16.0. The van der Waals surface area contributed by atoms with Gasteiger partial charge in [-0.15, -0.1) is 10.2 Å². The number of nitrogens with zero attached hydrogens (tertiary/aromatic N) is 3. The Balaban J connectivity index is 2.58. The molecule has 0 radical (unpaired) electrons. The molecule has 1 aromatic rings. The number of rotatable bonds is 7. The predicted octanol–water partition coefficient (Wildman–Crippen LogP) is 1.27. The minimum absolute atomic E-state index is 0.132. The maximum absolute atomic E-state index is 12.0. The van der Waals surface area contributed by atoms with Crippen LogP contribution in [0, 0.1) is 5.92 Å². The van der Waals surface area contributed by atoms with Crippen molar-refractivity contribution < 1.29 is 19.1 Å². The van der Waals surface area contributed by atoms with Gasteiger partial charge in [0.05, 0.1) is 0 Å². The Bertz CT molecular complexity index is 486. The maximum Gasteiger partial charge on any atom is 0.326 e. The molecule has 2 amide bonds. The number of hydrogen-bond acceptors (Lipinski definition) is 5. The zero-order valence-corrected chi connectivity index (χ0v) is 12.8. The van der Waals surface area contributed by atoms with Crippen molar-refractivity contribution in [1.82, 2.24) is 20.4 Å². The molecule has 1 aromatic heterocycles. The number of carboxylic acid groups (broad SMARTS) is 1. The molecule has 0 saturated heterocycles. The second-order valence-corrected chi connectivity index (χ2v) is 5.27. The van der Waals surface area contributed by atoms with Gasteiger partial charge in [0.1, 0.15) is 12.6 Å². The van der Waals surface area contributed by atoms with Crippen LogP contribution in [-0.2, 0) is 17.8 Å². The molecule has 1 atom stereocenters. The standard InChI is InChI=1S/C13H22N4O4/c1-5-10-15-16-11(21-10)7-17(4)13(20)14-9(12(18)19)6-8(2)3/h8-9H,5-7H2,1-4H3,(H,14,20)(H,18,19)/t9-/m0/s1. The van der Waals surface area contributed by atoms with Crippen LogP contribution >= 0.6 is 0 Å². The summed E-state index contributed by atoms with van der Waals surface area (Å²) in [5, 5.41) is 19.2. The van der Waals surface area contributed by atoms with Gasteiger partial charge in [0, 0.05) is 13.5 Å². The lowest BCUT2D eigenvalue weighted by atomic mass is 10.0. The topological polar surface area (TPSA) is 109 Å². The molecular formula is C13H22N4O4. The quantitative estimate of drug-likeness (QED) is 0.784. The number of carbonyl (C=O) groups is 2. The normalized spacial score (nSPS) is 12.2. The fraction of sp³-hybridized carbons (Fsp3) is 0.692. The largest absolute Gasteiger partial charge is 0.480 e. The zero-order valence-electron chi connectivity index (χ0n) is 12.8. The highest BCUT2D eigenvalue weighted by Gasteiger charge is 2.23. The molecule has 1 rings (SSSR count). The van der Waals surface area contributed by atoms with Crippen LogP contribution in [0.15, 0.2) is 4.42 Å². The van der Waals surface area contributed by atoms with Crippen molar-refractivity contribution in [3.8, 4) is 0 Å². The van der Waals surface area contributed by atoms with E-state index in [1.807, 2.05) is 20.8 Å². The number of hydrogen-bond donors (Lipinski definition) is 2. The Hall–Kier alpha value is -2.12. The molecule has 0 aliphatic rings. The summed E-state index contributed by atoms with van der Waals surface area (Å²) >= 11 is 0. The fourth-order valence-electron chi connectivity index (χ4n) is 1.72. The van der Waals surface area contributed by atoms with Gasteiger partial charge in [-0.1, -0.05) is 20.8 Å². The molecule has 21 heavy (non-hydrogen) atoms. The van der Waals surface area contributed by atoms with Gasteiger partial charge < -0.3 is 19.7 Å². The molecule has 0 aliphatic carbocycles. The number of aromatic nitrogens is 2. The van der Waals surface area contributed by atoms with Gasteiger partial charge in [0.25, 0.3) is 0 Å². The van der Waals surface area contributed by atoms with Gasteiger partial charge in [-0.3, -0.25) is 0 Å². The molecule has 0 aromatic carbocycles. The van der Waals surface area contributed by atoms with Crippen LogP contribution < -0.4 is 5.32 Å². The summed E-state index contributed by atoms with van der Waals surface area (Å²) in [6.45, 7) is 5.82. The summed E-state index contributed by atoms with van der Waals surface area (Å²) < 4.78 is 5.31. The van der Waals surface area contributed by atoms with Crippen molar-refractivity contribution in [3.63, 3.8) is 0 Å². The van der Waals surface area contributed by atoms with Gasteiger partial charge in [0.15, 0.2) is 0 Å². The molecule has 0 spiro atoms. The van der Waals surface area contributed by atoms with Crippen molar-refractivity contribution in [2.75, 3.05) is 7.05 Å². The SMILES string of the molecule is CCc1nnc(CN(C)C(=O)N[C@@H](CC(C)C)C(=O)O)o1. The smallest absolute Gasteiger partial charge is 0.326 e. The fourth-order valence-corrected chi connectivity index (χ4v) is 1.72. The van der Waals surface area contributed by atoms with E-state index in [0.717, 1.165) is 0 Å². The summed E-state index contributed by atoms with van der Waals surface area (Å²) in [5.41, 5.74) is 0. The Morgan fingerprint density at radius 2 is 1.95 bits per heavy atom. The first-order valence-electron chi connectivity index (χ1n) is 6.89. The minimum Gasteiger partial charge on any atom is -0.480 e. The Morgan fingerprint density at radius 3 is 2.43 bits per heavy atom. The average molecular weight is 298 g/mol. The number of amides is 2. The van der Waals surface area contributed by atoms with Crippen molar-refractivity contribution in [3.05, 3.63) is 11.8 Å². The monoisotopic (exact) mass is 298 g/mol. The van der Waals surface area contributed by atoms with E-state index in [9.17, 15) is 9.59 Å². The lowest BCUT2D eigenvalue weighted by Crippen LogP contribution is -2.47. The molecule has 0 aliphatic heterocycles. The van der Waals surface area contributed by atoms with Crippen molar-refractivity contribution in [2.45, 2.75) is 46.2 Å². The molecule has 1 heterocycles. The highest BCUT2D eigenvalue weighted by Crippen LogP contribution is 2.07. The van der Waals surface area contributed by atoms with Crippen LogP contribution in [0.3, 0.4) is 0 Å². The molecule has 0 saturated carbocycles. The van der Waals surface area contributed by atoms with E-state index in [2.05, 4.69) is 15.5 Å². The van der Waals surface area contributed by atoms with E-state index in [-0.39, 0.29) is 12.5 Å². The van der Waals surface area contributed by atoms with E-state index in [4.69, 9.17) is 9.52 Å². The van der Waals surface area contributed by atoms with Gasteiger partial charge in [-0.05, 0) is 12.3 Å². The first kappa shape index (κ1) is 16.9. The Kier molecular flexibility index (Phi) is 6.13. The van der Waals surface area contributed by atoms with Crippen LogP contribution in [0.1, 0.15) is 39.0 Å². The second kappa shape index (κ2) is 7.61. The third-order valence-electron chi connectivity index (χ3n) is 2.83. The molecule has 0 unspecified atom stereocenters. The van der Waals surface area contributed by atoms with Gasteiger partial charge in [-0.2, -0.15) is 0 Å². The second-order valence-electron chi connectivity index (χ2n) is 5.27. The Morgan fingerprint density at radius 1 is 1.33 bits per heavy atom. The summed E-state index contributed by atoms with van der Waals surface area (Å²) in [4.78, 5) is 24.4. The maximum atomic E-state index is 12.0. The van der Waals surface area contributed by atoms with Crippen molar-refractivity contribution >= 4 is 12.0 Å². The van der Waals surface area contributed by atoms with E-state index in [1.165, 1.54) is 4.90 Å². The number of urea groups is 1. The molecule has 8 nitrogen and oxygen atoms in total. The van der Waals surface area contributed by atoms with Gasteiger partial charge in [-0.25, -0.2) is 9.59 Å². The average Bonchev–Trinajstić information content (AvgIpc) is 2.84. The molecular weight excluding hydrogens is 276 g/mol. The van der Waals surface area contributed by atoms with Crippen LogP contribution in [0.4, 0.5) is 4.79 Å². The lowest BCUT2D eigenvalue weighted by Gasteiger charge is -2.21. The van der Waals surface area contributed by atoms with Crippen molar-refractivity contribution in [1.29, 1.82) is 0 Å². The molecule has 8 heteroatoms. The summed E-state index contributed by atoms with van der Waals surface area (Å²) in [6.07, 6.45) is 0.994. The van der Waals surface area contributed by atoms with E-state index < -0.39 is 18.0 Å². The number of aliphatic carboxylic acids is 1. The summed E-state index contributed by atoms with van der Waals surface area (Å²) in [6, 6.07) is -1.40. The highest BCUT2D eigenvalue weighted by atomic mass is 16.4. The molecule has 2 N–H and O–H groups in total. The predicted molar refractivity (Wildman–Crippen MR) is 74.6 cm³/mol. The van der Waals surface area contributed by atoms with E-state index >= 15 is 0 Å². The number of carboxylic acids is 1. The van der Waals surface area contributed by atoms with E-state index in [0.29, 0.717) is 24.6 Å². The summed E-state index contributed by atoms with van der Waals surface area (Å²) in [7, 11) is 1.54. The molecule has 0 fully saturated rings. The minimum atomic E-state index is -1.04. The first-order valence-corrected chi connectivity index (χ1v) is 6.89. The third kappa shape index (κ3) is 5.41. The van der Waals surface area contributed by atoms with Crippen LogP contribution in [0.25, 0.3) is 0 Å². The molecule has 118 valence electrons. The van der Waals surface area contributed by atoms with Crippen molar-refractivity contribution in [2.24, 2.45) is 5.92 Å². The number of nitrogens with one attached hydrogen (secondary N) is 1. The first-order chi connectivity index (χ1) is 9.83. The van der Waals surface area contributed by atoms with Gasteiger partial charge in [0.2, 0.25) is 11.8 Å². The van der Waals surface area contributed by atoms with Crippen LogP contribution in [-0.4, -0.2) is 45.3 Å². The summed E-state index contributed by atoms with van der Waals surface area (Å²) in [5.74, 6) is -0.0569.